The predicted molar refractivity (Wildman–Crippen MR) is 157 cm³/mol. The molecule has 2 aromatic carbocycles. The number of anilines is 2. The van der Waals surface area contributed by atoms with Crippen LogP contribution in [-0.2, 0) is 12.0 Å². The zero-order valence-electron chi connectivity index (χ0n) is 22.1. The Morgan fingerprint density at radius 2 is 1.61 bits per heavy atom. The molecule has 0 unspecified atom stereocenters. The Kier molecular flexibility index (Phi) is 6.37. The van der Waals surface area contributed by atoms with E-state index in [4.69, 9.17) is 20.8 Å². The summed E-state index contributed by atoms with van der Waals surface area (Å²) in [6.07, 6.45) is 0. The minimum Gasteiger partial charge on any atom is -0.383 e. The number of nitrogens with zero attached hydrogens (tertiary/aromatic N) is 6. The first-order valence-corrected chi connectivity index (χ1v) is 14.0. The molecule has 8 heteroatoms. The van der Waals surface area contributed by atoms with Gasteiger partial charge in [-0.05, 0) is 40.1 Å². The second kappa shape index (κ2) is 9.85. The van der Waals surface area contributed by atoms with Crippen LogP contribution >= 0.6 is 11.3 Å². The van der Waals surface area contributed by atoms with Crippen molar-refractivity contribution in [3.05, 3.63) is 83.2 Å². The molecule has 4 heterocycles. The smallest absolute Gasteiger partial charge is 0.228 e. The van der Waals surface area contributed by atoms with Crippen LogP contribution in [0.25, 0.3) is 27.3 Å². The molecule has 0 aliphatic carbocycles. The Balaban J connectivity index is 1.25. The van der Waals surface area contributed by atoms with Crippen LogP contribution in [0.2, 0.25) is 0 Å². The minimum atomic E-state index is 0.175. The Bertz CT molecular complexity index is 1530. The molecule has 0 spiro atoms. The second-order valence-electron chi connectivity index (χ2n) is 10.9. The van der Waals surface area contributed by atoms with E-state index in [0.29, 0.717) is 17.4 Å². The van der Waals surface area contributed by atoms with Crippen molar-refractivity contribution in [2.45, 2.75) is 32.7 Å². The lowest BCUT2D eigenvalue weighted by Crippen LogP contribution is -2.46. The number of nitrogens with two attached hydrogens (primary N) is 1. The molecule has 0 radical (unpaired) electrons. The largest absolute Gasteiger partial charge is 0.383 e. The van der Waals surface area contributed by atoms with Gasteiger partial charge in [-0.1, -0.05) is 69.3 Å². The summed E-state index contributed by atoms with van der Waals surface area (Å²) >= 11 is 1.65. The second-order valence-corrected chi connectivity index (χ2v) is 11.8. The van der Waals surface area contributed by atoms with E-state index in [1.54, 1.807) is 16.0 Å². The molecule has 7 nitrogen and oxygen atoms in total. The molecule has 0 bridgehead atoms. The van der Waals surface area contributed by atoms with Gasteiger partial charge >= 0.3 is 0 Å². The topological polar surface area (TPSA) is 76.1 Å². The summed E-state index contributed by atoms with van der Waals surface area (Å²) in [6.45, 7) is 11.4. The highest BCUT2D eigenvalue weighted by atomic mass is 32.1. The average molecular weight is 524 g/mol. The number of hydrogen-bond acceptors (Lipinski definition) is 7. The first-order valence-electron chi connectivity index (χ1n) is 13.1. The quantitative estimate of drug-likeness (QED) is 0.316. The molecule has 1 aliphatic rings. The van der Waals surface area contributed by atoms with Gasteiger partial charge in [0, 0.05) is 32.7 Å². The van der Waals surface area contributed by atoms with Gasteiger partial charge in [-0.25, -0.2) is 9.67 Å². The molecule has 0 saturated carbocycles. The lowest BCUT2D eigenvalue weighted by molar-refractivity contribution is 0.249. The van der Waals surface area contributed by atoms with Gasteiger partial charge in [0.1, 0.15) is 5.82 Å². The van der Waals surface area contributed by atoms with Crippen molar-refractivity contribution in [3.63, 3.8) is 0 Å². The number of piperazine rings is 1. The summed E-state index contributed by atoms with van der Waals surface area (Å²) in [7, 11) is 0. The third-order valence-corrected chi connectivity index (χ3v) is 8.07. The molecule has 1 aliphatic heterocycles. The molecule has 3 aromatic heterocycles. The summed E-state index contributed by atoms with van der Waals surface area (Å²) < 4.78 is 1.77. The maximum Gasteiger partial charge on any atom is 0.228 e. The Hall–Kier alpha value is -3.75. The van der Waals surface area contributed by atoms with Gasteiger partial charge in [-0.15, -0.1) is 16.4 Å². The first-order chi connectivity index (χ1) is 18.4. The number of hydrogen-bond donors (Lipinski definition) is 1. The number of para-hydroxylation sites is 1. The number of rotatable bonds is 5. The third-order valence-electron chi connectivity index (χ3n) is 7.19. The van der Waals surface area contributed by atoms with Gasteiger partial charge in [0.15, 0.2) is 5.65 Å². The van der Waals surface area contributed by atoms with Crippen LogP contribution in [-0.4, -0.2) is 50.8 Å². The van der Waals surface area contributed by atoms with Gasteiger partial charge in [0.25, 0.3) is 0 Å². The number of thiophene rings is 1. The molecule has 5 aromatic rings. The van der Waals surface area contributed by atoms with Crippen molar-refractivity contribution in [1.82, 2.24) is 24.6 Å². The van der Waals surface area contributed by atoms with Crippen molar-refractivity contribution in [3.8, 4) is 16.3 Å². The maximum absolute atomic E-state index is 6.64. The highest BCUT2D eigenvalue weighted by Crippen LogP contribution is 2.35. The molecule has 2 N–H and O–H groups in total. The number of nitrogen functional groups attached to an aromatic ring is 1. The van der Waals surface area contributed by atoms with Crippen molar-refractivity contribution in [2.75, 3.05) is 36.8 Å². The van der Waals surface area contributed by atoms with Crippen LogP contribution in [0.3, 0.4) is 0 Å². The first kappa shape index (κ1) is 24.6. The molecular weight excluding hydrogens is 490 g/mol. The van der Waals surface area contributed by atoms with Crippen LogP contribution in [0.1, 0.15) is 31.9 Å². The molecule has 0 atom stereocenters. The summed E-state index contributed by atoms with van der Waals surface area (Å²) in [5, 5.41) is 7.68. The summed E-state index contributed by atoms with van der Waals surface area (Å²) in [5.74, 6) is 1.27. The van der Waals surface area contributed by atoms with Gasteiger partial charge in [0.05, 0.1) is 21.6 Å². The van der Waals surface area contributed by atoms with E-state index in [0.717, 1.165) is 54.4 Å². The Morgan fingerprint density at radius 1 is 0.868 bits per heavy atom. The third kappa shape index (κ3) is 4.77. The average Bonchev–Trinajstić information content (AvgIpc) is 3.58. The lowest BCUT2D eigenvalue weighted by atomic mass is 9.87. The normalized spacial score (nSPS) is 14.9. The van der Waals surface area contributed by atoms with Crippen LogP contribution in [0.15, 0.2) is 72.1 Å². The van der Waals surface area contributed by atoms with Crippen molar-refractivity contribution < 1.29 is 0 Å². The summed E-state index contributed by atoms with van der Waals surface area (Å²) in [6, 6.07) is 23.1. The molecule has 0 amide bonds. The van der Waals surface area contributed by atoms with Gasteiger partial charge in [-0.3, -0.25) is 4.90 Å². The SMILES string of the molecule is CC(C)(C)c1ccc(CN2CCN(c3nc(-c4cccs4)c4c(N)n(-c5ccccc5)nc4n3)CC2)cc1. The van der Waals surface area contributed by atoms with Crippen LogP contribution in [0.5, 0.6) is 0 Å². The van der Waals surface area contributed by atoms with E-state index < -0.39 is 0 Å². The highest BCUT2D eigenvalue weighted by Gasteiger charge is 2.24. The Labute approximate surface area is 227 Å². The van der Waals surface area contributed by atoms with E-state index in [1.807, 2.05) is 36.4 Å². The number of fused-ring (bicyclic) bond motifs is 1. The molecule has 6 rings (SSSR count). The van der Waals surface area contributed by atoms with Crippen molar-refractivity contribution in [1.29, 1.82) is 0 Å². The standard InChI is InChI=1S/C30H33N7S/c1-30(2,3)22-13-11-21(12-14-22)20-35-15-17-36(18-16-35)29-32-26(24-10-7-19-38-24)25-27(31)37(34-28(25)33-29)23-8-5-4-6-9-23/h4-14,19H,15-18,20,31H2,1-3H3. The number of benzene rings is 2. The fraction of sp³-hybridized carbons (Fsp3) is 0.300. The fourth-order valence-corrected chi connectivity index (χ4v) is 5.69. The molecule has 38 heavy (non-hydrogen) atoms. The Morgan fingerprint density at radius 3 is 2.26 bits per heavy atom. The van der Waals surface area contributed by atoms with Gasteiger partial charge in [-0.2, -0.15) is 4.98 Å². The van der Waals surface area contributed by atoms with Crippen molar-refractivity contribution >= 4 is 34.1 Å². The molecule has 194 valence electrons. The summed E-state index contributed by atoms with van der Waals surface area (Å²) in [4.78, 5) is 15.8. The molecule has 1 fully saturated rings. The number of aromatic nitrogens is 4. The zero-order valence-corrected chi connectivity index (χ0v) is 22.9. The fourth-order valence-electron chi connectivity index (χ4n) is 4.97. The van der Waals surface area contributed by atoms with E-state index in [9.17, 15) is 0 Å². The van der Waals surface area contributed by atoms with E-state index in [2.05, 4.69) is 66.3 Å². The zero-order chi connectivity index (χ0) is 26.3. The molecular formula is C30H33N7S. The summed E-state index contributed by atoms with van der Waals surface area (Å²) in [5.41, 5.74) is 11.9. The molecule has 1 saturated heterocycles. The van der Waals surface area contributed by atoms with Crippen LogP contribution < -0.4 is 10.6 Å². The van der Waals surface area contributed by atoms with Crippen LogP contribution in [0.4, 0.5) is 11.8 Å². The van der Waals surface area contributed by atoms with Crippen LogP contribution in [0, 0.1) is 0 Å². The van der Waals surface area contributed by atoms with E-state index in [1.165, 1.54) is 11.1 Å². The predicted octanol–water partition coefficient (Wildman–Crippen LogP) is 5.75. The maximum atomic E-state index is 6.64. The monoisotopic (exact) mass is 523 g/mol. The van der Waals surface area contributed by atoms with E-state index >= 15 is 0 Å². The van der Waals surface area contributed by atoms with Crippen molar-refractivity contribution in [2.24, 2.45) is 0 Å². The highest BCUT2D eigenvalue weighted by molar-refractivity contribution is 7.13. The minimum absolute atomic E-state index is 0.175. The lowest BCUT2D eigenvalue weighted by Gasteiger charge is -2.35. The van der Waals surface area contributed by atoms with E-state index in [-0.39, 0.29) is 5.41 Å². The van der Waals surface area contributed by atoms with Gasteiger partial charge < -0.3 is 10.6 Å². The van der Waals surface area contributed by atoms with Gasteiger partial charge in [0.2, 0.25) is 5.95 Å².